The van der Waals surface area contributed by atoms with E-state index >= 15 is 0 Å². The molecule has 0 spiro atoms. The van der Waals surface area contributed by atoms with Gasteiger partial charge in [0.25, 0.3) is 0 Å². The second-order valence-corrected chi connectivity index (χ2v) is 8.85. The molecule has 1 fully saturated rings. The van der Waals surface area contributed by atoms with Crippen molar-refractivity contribution in [2.45, 2.75) is 43.9 Å². The standard InChI is InChI=1S/C19H27N3O2S/c1-19(2)18(24)21-15(13-25-19)17(23)20-10-6-12-22-11-5-8-14-7-3-4-9-16(14)22/h3-4,7,9,15H,5-6,8,10-13H2,1-2H3,(H,20,23)(H,21,24). The molecule has 2 aliphatic heterocycles. The Hall–Kier alpha value is -1.69. The lowest BCUT2D eigenvalue weighted by Crippen LogP contribution is -2.57. The zero-order valence-electron chi connectivity index (χ0n) is 15.0. The van der Waals surface area contributed by atoms with Gasteiger partial charge in [-0.1, -0.05) is 18.2 Å². The van der Waals surface area contributed by atoms with Crippen LogP contribution in [-0.2, 0) is 16.0 Å². The summed E-state index contributed by atoms with van der Waals surface area (Å²) in [6.07, 6.45) is 3.24. The second-order valence-electron chi connectivity index (χ2n) is 7.21. The van der Waals surface area contributed by atoms with Crippen LogP contribution < -0.4 is 15.5 Å². The van der Waals surface area contributed by atoms with Crippen molar-refractivity contribution in [1.29, 1.82) is 0 Å². The van der Waals surface area contributed by atoms with E-state index in [1.54, 1.807) is 0 Å². The topological polar surface area (TPSA) is 61.4 Å². The minimum absolute atomic E-state index is 0.0613. The van der Waals surface area contributed by atoms with E-state index in [0.29, 0.717) is 12.3 Å². The van der Waals surface area contributed by atoms with E-state index in [1.807, 2.05) is 13.8 Å². The summed E-state index contributed by atoms with van der Waals surface area (Å²) in [5.41, 5.74) is 2.75. The normalized spacial score (nSPS) is 22.1. The summed E-state index contributed by atoms with van der Waals surface area (Å²) in [6, 6.07) is 8.16. The van der Waals surface area contributed by atoms with Gasteiger partial charge in [-0.2, -0.15) is 0 Å². The highest BCUT2D eigenvalue weighted by Crippen LogP contribution is 2.29. The molecule has 1 saturated heterocycles. The molecule has 1 aromatic carbocycles. The number of hydrogen-bond acceptors (Lipinski definition) is 4. The van der Waals surface area contributed by atoms with E-state index in [4.69, 9.17) is 0 Å². The van der Waals surface area contributed by atoms with E-state index < -0.39 is 10.8 Å². The van der Waals surface area contributed by atoms with Crippen molar-refractivity contribution in [2.24, 2.45) is 0 Å². The zero-order chi connectivity index (χ0) is 17.9. The Morgan fingerprint density at radius 2 is 2.20 bits per heavy atom. The van der Waals surface area contributed by atoms with Crippen LogP contribution in [0.25, 0.3) is 0 Å². The number of benzene rings is 1. The first-order valence-corrected chi connectivity index (χ1v) is 10.0. The van der Waals surface area contributed by atoms with Gasteiger partial charge in [-0.05, 0) is 44.7 Å². The number of carbonyl (C=O) groups is 2. The minimum Gasteiger partial charge on any atom is -0.371 e. The first kappa shape index (κ1) is 18.1. The van der Waals surface area contributed by atoms with Crippen molar-refractivity contribution >= 4 is 29.3 Å². The summed E-state index contributed by atoms with van der Waals surface area (Å²) in [7, 11) is 0. The van der Waals surface area contributed by atoms with Gasteiger partial charge in [0.05, 0.1) is 4.75 Å². The van der Waals surface area contributed by atoms with E-state index in [9.17, 15) is 9.59 Å². The summed E-state index contributed by atoms with van der Waals surface area (Å²) >= 11 is 1.54. The molecule has 5 nitrogen and oxygen atoms in total. The van der Waals surface area contributed by atoms with Gasteiger partial charge in [-0.25, -0.2) is 0 Å². The van der Waals surface area contributed by atoms with Crippen molar-refractivity contribution in [3.63, 3.8) is 0 Å². The second kappa shape index (κ2) is 7.68. The van der Waals surface area contributed by atoms with Crippen LogP contribution in [0.5, 0.6) is 0 Å². The molecule has 0 saturated carbocycles. The van der Waals surface area contributed by atoms with E-state index in [2.05, 4.69) is 39.8 Å². The van der Waals surface area contributed by atoms with Crippen LogP contribution in [0.3, 0.4) is 0 Å². The van der Waals surface area contributed by atoms with Crippen molar-refractivity contribution in [3.8, 4) is 0 Å². The number of para-hydroxylation sites is 1. The lowest BCUT2D eigenvalue weighted by atomic mass is 10.0. The predicted molar refractivity (Wildman–Crippen MR) is 103 cm³/mol. The van der Waals surface area contributed by atoms with Crippen LogP contribution in [0.2, 0.25) is 0 Å². The third-order valence-corrected chi connectivity index (χ3v) is 6.30. The largest absolute Gasteiger partial charge is 0.371 e. The molecule has 0 radical (unpaired) electrons. The number of hydrogen-bond donors (Lipinski definition) is 2. The molecule has 6 heteroatoms. The highest BCUT2D eigenvalue weighted by molar-refractivity contribution is 8.01. The highest BCUT2D eigenvalue weighted by atomic mass is 32.2. The zero-order valence-corrected chi connectivity index (χ0v) is 15.8. The summed E-state index contributed by atoms with van der Waals surface area (Å²) < 4.78 is -0.446. The molecule has 1 aromatic rings. The summed E-state index contributed by atoms with van der Waals surface area (Å²) in [6.45, 7) is 6.43. The molecule has 136 valence electrons. The quantitative estimate of drug-likeness (QED) is 0.787. The number of fused-ring (bicyclic) bond motifs is 1. The first-order valence-electron chi connectivity index (χ1n) is 9.03. The SMILES string of the molecule is CC1(C)SCC(C(=O)NCCCN2CCCc3ccccc32)NC1=O. The minimum atomic E-state index is -0.446. The molecule has 2 heterocycles. The molecule has 1 atom stereocenters. The fourth-order valence-electron chi connectivity index (χ4n) is 3.32. The maximum absolute atomic E-state index is 12.3. The van der Waals surface area contributed by atoms with Gasteiger partial charge in [0.2, 0.25) is 11.8 Å². The summed E-state index contributed by atoms with van der Waals surface area (Å²) in [4.78, 5) is 26.6. The predicted octanol–water partition coefficient (Wildman–Crippen LogP) is 1.96. The number of aryl methyl sites for hydroxylation is 1. The lowest BCUT2D eigenvalue weighted by Gasteiger charge is -2.33. The molecular formula is C19H27N3O2S. The number of rotatable bonds is 5. The third-order valence-electron chi connectivity index (χ3n) is 4.89. The molecule has 2 aliphatic rings. The van der Waals surface area contributed by atoms with Crippen molar-refractivity contribution in [1.82, 2.24) is 10.6 Å². The van der Waals surface area contributed by atoms with Crippen molar-refractivity contribution in [2.75, 3.05) is 30.3 Å². The number of carbonyl (C=O) groups excluding carboxylic acids is 2. The highest BCUT2D eigenvalue weighted by Gasteiger charge is 2.37. The Morgan fingerprint density at radius 1 is 1.40 bits per heavy atom. The lowest BCUT2D eigenvalue weighted by molar-refractivity contribution is -0.129. The van der Waals surface area contributed by atoms with Crippen LogP contribution in [0, 0.1) is 0 Å². The van der Waals surface area contributed by atoms with E-state index in [-0.39, 0.29) is 11.8 Å². The smallest absolute Gasteiger partial charge is 0.243 e. The number of amides is 2. The Kier molecular flexibility index (Phi) is 5.57. The number of nitrogens with one attached hydrogen (secondary N) is 2. The van der Waals surface area contributed by atoms with Crippen molar-refractivity contribution in [3.05, 3.63) is 29.8 Å². The fourth-order valence-corrected chi connectivity index (χ4v) is 4.33. The van der Waals surface area contributed by atoms with Gasteiger partial charge in [-0.3, -0.25) is 9.59 Å². The van der Waals surface area contributed by atoms with E-state index in [0.717, 1.165) is 25.9 Å². The van der Waals surface area contributed by atoms with Gasteiger partial charge in [0.1, 0.15) is 6.04 Å². The van der Waals surface area contributed by atoms with Gasteiger partial charge in [0.15, 0.2) is 0 Å². The van der Waals surface area contributed by atoms with Crippen LogP contribution in [0.4, 0.5) is 5.69 Å². The summed E-state index contributed by atoms with van der Waals surface area (Å²) in [5, 5.41) is 5.80. The summed E-state index contributed by atoms with van der Waals surface area (Å²) in [5.74, 6) is 0.494. The Morgan fingerprint density at radius 3 is 3.00 bits per heavy atom. The Bertz CT molecular complexity index is 647. The monoisotopic (exact) mass is 361 g/mol. The van der Waals surface area contributed by atoms with Gasteiger partial charge < -0.3 is 15.5 Å². The molecule has 25 heavy (non-hydrogen) atoms. The molecule has 0 bridgehead atoms. The number of anilines is 1. The number of nitrogens with zero attached hydrogens (tertiary/aromatic N) is 1. The maximum atomic E-state index is 12.3. The molecule has 0 aromatic heterocycles. The molecule has 2 N–H and O–H groups in total. The maximum Gasteiger partial charge on any atom is 0.243 e. The molecule has 0 aliphatic carbocycles. The van der Waals surface area contributed by atoms with Gasteiger partial charge in [0, 0.05) is 31.1 Å². The van der Waals surface area contributed by atoms with Crippen molar-refractivity contribution < 1.29 is 9.59 Å². The average Bonchev–Trinajstić information content (AvgIpc) is 2.61. The van der Waals surface area contributed by atoms with Crippen LogP contribution in [0.15, 0.2) is 24.3 Å². The molecule has 3 rings (SSSR count). The van der Waals surface area contributed by atoms with Crippen LogP contribution in [-0.4, -0.2) is 48.0 Å². The first-order chi connectivity index (χ1) is 12.0. The fraction of sp³-hybridized carbons (Fsp3) is 0.579. The number of thioether (sulfide) groups is 1. The molecular weight excluding hydrogens is 334 g/mol. The van der Waals surface area contributed by atoms with E-state index in [1.165, 1.54) is 29.4 Å². The molecule has 1 unspecified atom stereocenters. The molecule has 2 amide bonds. The van der Waals surface area contributed by atoms with Crippen LogP contribution >= 0.6 is 11.8 Å². The Balaban J connectivity index is 1.42. The van der Waals surface area contributed by atoms with Gasteiger partial charge in [-0.15, -0.1) is 11.8 Å². The average molecular weight is 362 g/mol. The third kappa shape index (κ3) is 4.29. The van der Waals surface area contributed by atoms with Gasteiger partial charge >= 0.3 is 0 Å². The Labute approximate surface area is 153 Å². The van der Waals surface area contributed by atoms with Crippen LogP contribution in [0.1, 0.15) is 32.3 Å².